The van der Waals surface area contributed by atoms with Crippen molar-refractivity contribution < 1.29 is 0 Å². The topological polar surface area (TPSA) is 0 Å². The van der Waals surface area contributed by atoms with Crippen LogP contribution in [-0.2, 0) is 37.5 Å². The van der Waals surface area contributed by atoms with Crippen LogP contribution >= 0.6 is 31.7 Å². The van der Waals surface area contributed by atoms with Crippen LogP contribution in [0, 0.1) is 0 Å². The van der Waals surface area contributed by atoms with E-state index in [4.69, 9.17) is 0 Å². The second kappa shape index (κ2) is 24.6. The van der Waals surface area contributed by atoms with Crippen LogP contribution in [0.2, 0.25) is 0 Å². The van der Waals surface area contributed by atoms with Crippen LogP contribution in [0.1, 0.15) is 47.2 Å². The van der Waals surface area contributed by atoms with Gasteiger partial charge in [-0.2, -0.15) is 0 Å². The molecule has 0 atom stereocenters. The Morgan fingerprint density at radius 2 is 0.375 bits per heavy atom. The number of rotatable bonds is 19. The zero-order valence-electron chi connectivity index (χ0n) is 41.4. The molecule has 72 heavy (non-hydrogen) atoms. The van der Waals surface area contributed by atoms with Crippen LogP contribution < -0.4 is 42.4 Å². The first-order valence-electron chi connectivity index (χ1n) is 25.4. The summed E-state index contributed by atoms with van der Waals surface area (Å²) in [5.74, 6) is 0. The summed E-state index contributed by atoms with van der Waals surface area (Å²) in [7, 11) is -3.06. The lowest BCUT2D eigenvalue weighted by molar-refractivity contribution is 1.10. The van der Waals surface area contributed by atoms with E-state index in [1.807, 2.05) is 0 Å². The Morgan fingerprint density at radius 1 is 0.222 bits per heavy atom. The van der Waals surface area contributed by atoms with Gasteiger partial charge in [0.1, 0.15) is 0 Å². The number of aryl methyl sites for hydroxylation is 2. The largest absolute Gasteiger partial charge is 0.0622 e. The van der Waals surface area contributed by atoms with E-state index in [-0.39, 0.29) is 0 Å². The maximum atomic E-state index is 2.63. The maximum absolute atomic E-state index is 2.63. The Morgan fingerprint density at radius 3 is 0.514 bits per heavy atom. The first-order chi connectivity index (χ1) is 35.6. The minimum absolute atomic E-state index is 0.765. The average molecular weight is 1000 g/mol. The SMILES string of the molecule is CCc1cc(CP(c2ccccc2)c2ccccc2)c(-c2c(CP(c3ccccc3)c3ccccc3)cc(CC)cc2CP(c2ccccc2)c2ccccc2)c(CP(c2ccccc2)c2ccccc2)c1. The van der Waals surface area contributed by atoms with Crippen molar-refractivity contribution >= 4 is 74.1 Å². The molecule has 4 heteroatoms. The number of benzene rings is 10. The summed E-state index contributed by atoms with van der Waals surface area (Å²) in [6.07, 6.45) is 5.72. The van der Waals surface area contributed by atoms with E-state index in [1.54, 1.807) is 0 Å². The van der Waals surface area contributed by atoms with Crippen molar-refractivity contribution in [2.45, 2.75) is 51.3 Å². The fourth-order valence-corrected chi connectivity index (χ4v) is 19.4. The predicted octanol–water partition coefficient (Wildman–Crippen LogP) is 15.0. The molecule has 0 aliphatic carbocycles. The molecule has 354 valence electrons. The van der Waals surface area contributed by atoms with Crippen LogP contribution in [0.3, 0.4) is 0 Å². The van der Waals surface area contributed by atoms with Gasteiger partial charge in [-0.3, -0.25) is 0 Å². The summed E-state index contributed by atoms with van der Waals surface area (Å²) < 4.78 is 0. The van der Waals surface area contributed by atoms with Gasteiger partial charge in [0, 0.05) is 24.6 Å². The van der Waals surface area contributed by atoms with Crippen molar-refractivity contribution in [1.82, 2.24) is 0 Å². The van der Waals surface area contributed by atoms with Gasteiger partial charge in [-0.1, -0.05) is 281 Å². The zero-order chi connectivity index (χ0) is 48.9. The lowest BCUT2D eigenvalue weighted by Crippen LogP contribution is -2.17. The van der Waals surface area contributed by atoms with Gasteiger partial charge >= 0.3 is 0 Å². The lowest BCUT2D eigenvalue weighted by atomic mass is 9.86. The Bertz CT molecular complexity index is 2650. The fraction of sp³-hybridized carbons (Fsp3) is 0.118. The molecular weight excluding hydrogens is 941 g/mol. The van der Waals surface area contributed by atoms with Crippen molar-refractivity contribution in [3.05, 3.63) is 300 Å². The van der Waals surface area contributed by atoms with Gasteiger partial charge < -0.3 is 0 Å². The van der Waals surface area contributed by atoms with Crippen LogP contribution in [0.4, 0.5) is 0 Å². The van der Waals surface area contributed by atoms with Crippen molar-refractivity contribution in [2.75, 3.05) is 0 Å². The molecule has 0 nitrogen and oxygen atoms in total. The molecule has 10 aromatic carbocycles. The molecule has 0 heterocycles. The molecule has 0 saturated heterocycles. The molecule has 0 saturated carbocycles. The summed E-state index contributed by atoms with van der Waals surface area (Å²) in [6.45, 7) is 4.70. The van der Waals surface area contributed by atoms with Crippen LogP contribution in [0.5, 0.6) is 0 Å². The monoisotopic (exact) mass is 1000 g/mol. The van der Waals surface area contributed by atoms with E-state index in [2.05, 4.69) is 281 Å². The van der Waals surface area contributed by atoms with Gasteiger partial charge in [0.05, 0.1) is 0 Å². The summed E-state index contributed by atoms with van der Waals surface area (Å²) in [5, 5.41) is 11.3. The summed E-state index contributed by atoms with van der Waals surface area (Å²) >= 11 is 0. The molecule has 0 N–H and O–H groups in total. The highest BCUT2D eigenvalue weighted by Gasteiger charge is 2.29. The minimum Gasteiger partial charge on any atom is -0.0622 e. The van der Waals surface area contributed by atoms with Crippen molar-refractivity contribution in [3.63, 3.8) is 0 Å². The highest BCUT2D eigenvalue weighted by molar-refractivity contribution is 7.73. The third-order valence-electron chi connectivity index (χ3n) is 13.6. The summed E-state index contributed by atoms with van der Waals surface area (Å²) in [5.41, 5.74) is 11.6. The van der Waals surface area contributed by atoms with E-state index < -0.39 is 31.7 Å². The Labute approximate surface area is 434 Å². The molecule has 0 fully saturated rings. The van der Waals surface area contributed by atoms with E-state index in [0.29, 0.717) is 0 Å². The fourth-order valence-electron chi connectivity index (χ4n) is 10.1. The van der Waals surface area contributed by atoms with Gasteiger partial charge in [0.15, 0.2) is 0 Å². The van der Waals surface area contributed by atoms with Crippen LogP contribution in [0.25, 0.3) is 11.1 Å². The Kier molecular flexibility index (Phi) is 16.9. The lowest BCUT2D eigenvalue weighted by Gasteiger charge is -2.30. The van der Waals surface area contributed by atoms with Crippen LogP contribution in [-0.4, -0.2) is 0 Å². The molecule has 0 spiro atoms. The van der Waals surface area contributed by atoms with Gasteiger partial charge in [-0.15, -0.1) is 0 Å². The molecular formula is C68H62P4. The predicted molar refractivity (Wildman–Crippen MR) is 322 cm³/mol. The van der Waals surface area contributed by atoms with E-state index >= 15 is 0 Å². The normalized spacial score (nSPS) is 11.5. The highest BCUT2D eigenvalue weighted by Crippen LogP contribution is 2.51. The maximum Gasteiger partial charge on any atom is 0.00138 e. The Hall–Kier alpha value is -6.08. The molecule has 10 aromatic rings. The third-order valence-corrected chi connectivity index (χ3v) is 23.6. The molecule has 10 rings (SSSR count). The van der Waals surface area contributed by atoms with Gasteiger partial charge in [-0.25, -0.2) is 0 Å². The number of hydrogen-bond donors (Lipinski definition) is 0. The average Bonchev–Trinajstić information content (AvgIpc) is 3.46. The summed E-state index contributed by atoms with van der Waals surface area (Å²) in [6, 6.07) is 102. The standard InChI is InChI=1S/C68H62P4/c1-3-53-45-55(49-69(59-29-13-5-14-30-59)60-31-15-6-16-32-60)67(56(46-53)50-70(61-33-17-7-18-34-61)62-35-19-8-20-36-62)68-57(51-71(63-37-21-9-22-38-63)64-39-23-10-24-40-64)47-54(4-2)48-58(68)52-72(65-41-25-11-26-42-65)66-43-27-12-28-44-66/h5-48H,3-4,49-52H2,1-2H3. The third kappa shape index (κ3) is 11.9. The summed E-state index contributed by atoms with van der Waals surface area (Å²) in [4.78, 5) is 0. The smallest absolute Gasteiger partial charge is 0.00138 e. The number of hydrogen-bond acceptors (Lipinski definition) is 0. The second-order valence-electron chi connectivity index (χ2n) is 18.3. The van der Waals surface area contributed by atoms with Crippen molar-refractivity contribution in [3.8, 4) is 11.1 Å². The molecule has 0 aromatic heterocycles. The minimum atomic E-state index is -0.765. The van der Waals surface area contributed by atoms with Gasteiger partial charge in [0.25, 0.3) is 0 Å². The van der Waals surface area contributed by atoms with Gasteiger partial charge in [-0.05, 0) is 131 Å². The van der Waals surface area contributed by atoms with E-state index in [9.17, 15) is 0 Å². The quantitative estimate of drug-likeness (QED) is 0.0708. The molecule has 0 radical (unpaired) electrons. The zero-order valence-corrected chi connectivity index (χ0v) is 45.0. The van der Waals surface area contributed by atoms with Crippen molar-refractivity contribution in [1.29, 1.82) is 0 Å². The molecule has 0 bridgehead atoms. The first-order valence-corrected chi connectivity index (χ1v) is 31.5. The van der Waals surface area contributed by atoms with Gasteiger partial charge in [0.2, 0.25) is 0 Å². The van der Waals surface area contributed by atoms with E-state index in [1.165, 1.54) is 86.9 Å². The molecule has 0 aliphatic heterocycles. The van der Waals surface area contributed by atoms with Crippen LogP contribution in [0.15, 0.2) is 267 Å². The highest BCUT2D eigenvalue weighted by atomic mass is 31.1. The van der Waals surface area contributed by atoms with Crippen molar-refractivity contribution in [2.24, 2.45) is 0 Å². The van der Waals surface area contributed by atoms with E-state index in [0.717, 1.165) is 37.5 Å². The second-order valence-corrected chi connectivity index (χ2v) is 27.1. The molecule has 0 amide bonds. The first kappa shape index (κ1) is 49.5. The Balaban J connectivity index is 1.29. The molecule has 0 unspecified atom stereocenters. The molecule has 0 aliphatic rings.